The van der Waals surface area contributed by atoms with Crippen molar-refractivity contribution in [2.75, 3.05) is 32.6 Å². The van der Waals surface area contributed by atoms with Crippen LogP contribution in [0.15, 0.2) is 29.2 Å². The molecule has 0 radical (unpaired) electrons. The Morgan fingerprint density at radius 2 is 2.23 bits per heavy atom. The zero-order chi connectivity index (χ0) is 16.2. The Morgan fingerprint density at radius 3 is 2.86 bits per heavy atom. The highest BCUT2D eigenvalue weighted by atomic mass is 32.2. The molecule has 1 fully saturated rings. The predicted octanol–water partition coefficient (Wildman–Crippen LogP) is 1.40. The van der Waals surface area contributed by atoms with Crippen LogP contribution in [0.25, 0.3) is 0 Å². The maximum Gasteiger partial charge on any atom is 0.242 e. The Bertz CT molecular complexity index is 626. The van der Waals surface area contributed by atoms with Gasteiger partial charge in [-0.1, -0.05) is 6.07 Å². The molecule has 0 saturated carbocycles. The SMILES string of the molecule is CN(C)S(=O)(=O)c1cccc(NC(=S)NC[C@@H]2CCCO2)c1. The van der Waals surface area contributed by atoms with E-state index in [9.17, 15) is 8.42 Å². The molecule has 1 aromatic carbocycles. The minimum atomic E-state index is -3.45. The monoisotopic (exact) mass is 343 g/mol. The second kappa shape index (κ2) is 7.36. The number of anilines is 1. The van der Waals surface area contributed by atoms with Gasteiger partial charge >= 0.3 is 0 Å². The highest BCUT2D eigenvalue weighted by Gasteiger charge is 2.18. The minimum absolute atomic E-state index is 0.195. The van der Waals surface area contributed by atoms with Gasteiger partial charge in [-0.3, -0.25) is 0 Å². The molecule has 0 aliphatic carbocycles. The number of benzene rings is 1. The zero-order valence-electron chi connectivity index (χ0n) is 12.7. The molecule has 1 saturated heterocycles. The molecule has 1 atom stereocenters. The molecular weight excluding hydrogens is 322 g/mol. The van der Waals surface area contributed by atoms with Crippen LogP contribution >= 0.6 is 12.2 Å². The molecule has 0 bridgehead atoms. The Labute approximate surface area is 136 Å². The van der Waals surface area contributed by atoms with Crippen molar-refractivity contribution in [1.29, 1.82) is 0 Å². The van der Waals surface area contributed by atoms with E-state index in [2.05, 4.69) is 10.6 Å². The molecule has 0 spiro atoms. The number of nitrogens with zero attached hydrogens (tertiary/aromatic N) is 1. The number of nitrogens with one attached hydrogen (secondary N) is 2. The molecule has 8 heteroatoms. The maximum absolute atomic E-state index is 12.1. The average Bonchev–Trinajstić information content (AvgIpc) is 2.98. The summed E-state index contributed by atoms with van der Waals surface area (Å²) in [5.41, 5.74) is 0.632. The summed E-state index contributed by atoms with van der Waals surface area (Å²) in [6, 6.07) is 6.58. The van der Waals surface area contributed by atoms with Gasteiger partial charge in [0, 0.05) is 32.9 Å². The third-order valence-corrected chi connectivity index (χ3v) is 5.44. The van der Waals surface area contributed by atoms with Gasteiger partial charge in [0.25, 0.3) is 0 Å². The highest BCUT2D eigenvalue weighted by molar-refractivity contribution is 7.89. The molecular formula is C14H21N3O3S2. The predicted molar refractivity (Wildman–Crippen MR) is 90.5 cm³/mol. The molecule has 0 amide bonds. The first-order valence-corrected chi connectivity index (χ1v) is 8.93. The van der Waals surface area contributed by atoms with Crippen LogP contribution in [0, 0.1) is 0 Å². The van der Waals surface area contributed by atoms with Crippen LogP contribution in [0.3, 0.4) is 0 Å². The Kier molecular flexibility index (Phi) is 5.74. The Morgan fingerprint density at radius 1 is 1.45 bits per heavy atom. The van der Waals surface area contributed by atoms with E-state index >= 15 is 0 Å². The van der Waals surface area contributed by atoms with Crippen LogP contribution in [-0.2, 0) is 14.8 Å². The lowest BCUT2D eigenvalue weighted by molar-refractivity contribution is 0.114. The smallest absolute Gasteiger partial charge is 0.242 e. The molecule has 1 heterocycles. The summed E-state index contributed by atoms with van der Waals surface area (Å²) in [6.45, 7) is 1.46. The number of thiocarbonyl (C=S) groups is 1. The van der Waals surface area contributed by atoms with E-state index in [1.165, 1.54) is 18.4 Å². The van der Waals surface area contributed by atoms with Gasteiger partial charge in [-0.15, -0.1) is 0 Å². The van der Waals surface area contributed by atoms with Crippen LogP contribution in [0.2, 0.25) is 0 Å². The third kappa shape index (κ3) is 4.39. The van der Waals surface area contributed by atoms with Crippen molar-refractivity contribution in [2.24, 2.45) is 0 Å². The van der Waals surface area contributed by atoms with Gasteiger partial charge in [0.1, 0.15) is 0 Å². The summed E-state index contributed by atoms with van der Waals surface area (Å²) < 4.78 is 30.9. The van der Waals surface area contributed by atoms with E-state index in [4.69, 9.17) is 17.0 Å². The molecule has 0 unspecified atom stereocenters. The highest BCUT2D eigenvalue weighted by Crippen LogP contribution is 2.18. The number of sulfonamides is 1. The van der Waals surface area contributed by atoms with Gasteiger partial charge in [0.15, 0.2) is 5.11 Å². The minimum Gasteiger partial charge on any atom is -0.376 e. The molecule has 2 N–H and O–H groups in total. The molecule has 122 valence electrons. The van der Waals surface area contributed by atoms with Crippen molar-refractivity contribution < 1.29 is 13.2 Å². The van der Waals surface area contributed by atoms with Crippen LogP contribution in [-0.4, -0.2) is 51.2 Å². The quantitative estimate of drug-likeness (QED) is 0.788. The molecule has 0 aromatic heterocycles. The lowest BCUT2D eigenvalue weighted by Crippen LogP contribution is -2.34. The third-order valence-electron chi connectivity index (χ3n) is 3.38. The van der Waals surface area contributed by atoms with Crippen molar-refractivity contribution >= 4 is 33.0 Å². The van der Waals surface area contributed by atoms with E-state index in [1.807, 2.05) is 0 Å². The van der Waals surface area contributed by atoms with E-state index in [0.717, 1.165) is 19.4 Å². The van der Waals surface area contributed by atoms with Crippen molar-refractivity contribution in [3.05, 3.63) is 24.3 Å². The molecule has 2 rings (SSSR count). The summed E-state index contributed by atoms with van der Waals surface area (Å²) in [7, 11) is -0.444. The summed E-state index contributed by atoms with van der Waals surface area (Å²) in [5, 5.41) is 6.54. The number of rotatable bonds is 5. The van der Waals surface area contributed by atoms with E-state index in [1.54, 1.807) is 24.3 Å². The molecule has 1 aliphatic heterocycles. The van der Waals surface area contributed by atoms with Crippen LogP contribution < -0.4 is 10.6 Å². The van der Waals surface area contributed by atoms with E-state index in [-0.39, 0.29) is 11.0 Å². The number of hydrogen-bond acceptors (Lipinski definition) is 4. The van der Waals surface area contributed by atoms with E-state index < -0.39 is 10.0 Å². The van der Waals surface area contributed by atoms with Gasteiger partial charge in [-0.05, 0) is 43.3 Å². The van der Waals surface area contributed by atoms with Gasteiger partial charge in [0.05, 0.1) is 11.0 Å². The molecule has 6 nitrogen and oxygen atoms in total. The fraction of sp³-hybridized carbons (Fsp3) is 0.500. The standard InChI is InChI=1S/C14H21N3O3S2/c1-17(2)22(18,19)13-7-3-5-11(9-13)16-14(21)15-10-12-6-4-8-20-12/h3,5,7,9,12H,4,6,8,10H2,1-2H3,(H2,15,16,21)/t12-/m0/s1. The van der Waals surface area contributed by atoms with Gasteiger partial charge in [-0.25, -0.2) is 12.7 Å². The van der Waals surface area contributed by atoms with Crippen molar-refractivity contribution in [2.45, 2.75) is 23.8 Å². The molecule has 1 aliphatic rings. The van der Waals surface area contributed by atoms with Gasteiger partial charge in [0.2, 0.25) is 10.0 Å². The molecule has 22 heavy (non-hydrogen) atoms. The van der Waals surface area contributed by atoms with Gasteiger partial charge < -0.3 is 15.4 Å². The largest absolute Gasteiger partial charge is 0.376 e. The fourth-order valence-electron chi connectivity index (χ4n) is 2.13. The summed E-state index contributed by atoms with van der Waals surface area (Å²) in [5.74, 6) is 0. The van der Waals surface area contributed by atoms with E-state index in [0.29, 0.717) is 17.3 Å². The first-order valence-electron chi connectivity index (χ1n) is 7.08. The van der Waals surface area contributed by atoms with Gasteiger partial charge in [-0.2, -0.15) is 0 Å². The fourth-order valence-corrected chi connectivity index (χ4v) is 3.28. The van der Waals surface area contributed by atoms with Crippen LogP contribution in [0.5, 0.6) is 0 Å². The van der Waals surface area contributed by atoms with Crippen molar-refractivity contribution in [3.8, 4) is 0 Å². The molecule has 1 aromatic rings. The normalized spacial score (nSPS) is 18.4. The lowest BCUT2D eigenvalue weighted by Gasteiger charge is -2.15. The maximum atomic E-state index is 12.1. The lowest BCUT2D eigenvalue weighted by atomic mass is 10.2. The number of hydrogen-bond donors (Lipinski definition) is 2. The topological polar surface area (TPSA) is 70.7 Å². The average molecular weight is 343 g/mol. The number of ether oxygens (including phenoxy) is 1. The zero-order valence-corrected chi connectivity index (χ0v) is 14.3. The Balaban J connectivity index is 1.96. The van der Waals surface area contributed by atoms with Crippen molar-refractivity contribution in [1.82, 2.24) is 9.62 Å². The second-order valence-electron chi connectivity index (χ2n) is 5.29. The second-order valence-corrected chi connectivity index (χ2v) is 7.85. The first kappa shape index (κ1) is 17.1. The van der Waals surface area contributed by atoms with Crippen molar-refractivity contribution in [3.63, 3.8) is 0 Å². The summed E-state index contributed by atoms with van der Waals surface area (Å²) >= 11 is 5.22. The van der Waals surface area contributed by atoms with Crippen LogP contribution in [0.4, 0.5) is 5.69 Å². The Hall–Kier alpha value is -1.22. The summed E-state index contributed by atoms with van der Waals surface area (Å²) in [4.78, 5) is 0.226. The summed E-state index contributed by atoms with van der Waals surface area (Å²) in [6.07, 6.45) is 2.31. The van der Waals surface area contributed by atoms with Crippen LogP contribution in [0.1, 0.15) is 12.8 Å². The first-order chi connectivity index (χ1) is 10.4.